The third kappa shape index (κ3) is 3.17. The predicted octanol–water partition coefficient (Wildman–Crippen LogP) is 3.75. The lowest BCUT2D eigenvalue weighted by atomic mass is 10.2. The number of hydrogen-bond acceptors (Lipinski definition) is 4. The van der Waals surface area contributed by atoms with Crippen LogP contribution in [0, 0.1) is 5.92 Å². The van der Waals surface area contributed by atoms with Gasteiger partial charge in [-0.3, -0.25) is 0 Å². The monoisotopic (exact) mass is 293 g/mol. The third-order valence-electron chi connectivity index (χ3n) is 4.61. The molecule has 0 bridgehead atoms. The molecule has 4 heteroatoms. The SMILES string of the molecule is CCCNCc1sc(N(C)C(C)C2CC2)nc1C1CC1. The highest BCUT2D eigenvalue weighted by atomic mass is 32.1. The van der Waals surface area contributed by atoms with E-state index in [1.165, 1.54) is 47.8 Å². The summed E-state index contributed by atoms with van der Waals surface area (Å²) in [5, 5.41) is 4.78. The molecule has 1 heterocycles. The molecule has 2 fully saturated rings. The Morgan fingerprint density at radius 3 is 2.70 bits per heavy atom. The minimum absolute atomic E-state index is 0.643. The fourth-order valence-electron chi connectivity index (χ4n) is 2.75. The van der Waals surface area contributed by atoms with E-state index in [-0.39, 0.29) is 0 Å². The van der Waals surface area contributed by atoms with Gasteiger partial charge in [0.1, 0.15) is 0 Å². The first kappa shape index (κ1) is 14.3. The molecule has 0 aliphatic heterocycles. The van der Waals surface area contributed by atoms with E-state index in [1.807, 2.05) is 11.3 Å². The molecule has 0 radical (unpaired) electrons. The molecule has 0 amide bonds. The van der Waals surface area contributed by atoms with Crippen molar-refractivity contribution in [2.24, 2.45) is 5.92 Å². The van der Waals surface area contributed by atoms with Crippen molar-refractivity contribution in [1.29, 1.82) is 0 Å². The second-order valence-corrected chi connectivity index (χ2v) is 7.51. The van der Waals surface area contributed by atoms with Crippen molar-refractivity contribution in [1.82, 2.24) is 10.3 Å². The predicted molar refractivity (Wildman–Crippen MR) is 86.7 cm³/mol. The van der Waals surface area contributed by atoms with Crippen molar-refractivity contribution in [3.8, 4) is 0 Å². The molecule has 20 heavy (non-hydrogen) atoms. The molecule has 2 saturated carbocycles. The summed E-state index contributed by atoms with van der Waals surface area (Å²) >= 11 is 1.91. The van der Waals surface area contributed by atoms with E-state index < -0.39 is 0 Å². The zero-order valence-corrected chi connectivity index (χ0v) is 13.8. The van der Waals surface area contributed by atoms with Gasteiger partial charge >= 0.3 is 0 Å². The van der Waals surface area contributed by atoms with Gasteiger partial charge in [-0.1, -0.05) is 6.92 Å². The lowest BCUT2D eigenvalue weighted by Crippen LogP contribution is -2.30. The maximum atomic E-state index is 4.99. The van der Waals surface area contributed by atoms with Gasteiger partial charge < -0.3 is 10.2 Å². The summed E-state index contributed by atoms with van der Waals surface area (Å²) in [4.78, 5) is 8.88. The Kier molecular flexibility index (Phi) is 4.32. The molecular formula is C16H27N3S. The van der Waals surface area contributed by atoms with Crippen molar-refractivity contribution in [3.05, 3.63) is 10.6 Å². The van der Waals surface area contributed by atoms with Gasteiger partial charge in [0.25, 0.3) is 0 Å². The number of nitrogens with one attached hydrogen (secondary N) is 1. The number of thiazole rings is 1. The van der Waals surface area contributed by atoms with Gasteiger partial charge in [0.15, 0.2) is 5.13 Å². The van der Waals surface area contributed by atoms with Crippen LogP contribution in [-0.2, 0) is 6.54 Å². The third-order valence-corrected chi connectivity index (χ3v) is 5.77. The Balaban J connectivity index is 1.72. The molecule has 1 aromatic heterocycles. The van der Waals surface area contributed by atoms with Crippen LogP contribution in [0.15, 0.2) is 0 Å². The first-order valence-corrected chi connectivity index (χ1v) is 8.95. The Morgan fingerprint density at radius 2 is 2.10 bits per heavy atom. The van der Waals surface area contributed by atoms with E-state index in [4.69, 9.17) is 4.98 Å². The lowest BCUT2D eigenvalue weighted by molar-refractivity contribution is 0.607. The van der Waals surface area contributed by atoms with Crippen molar-refractivity contribution in [2.45, 2.75) is 64.5 Å². The number of rotatable bonds is 8. The minimum Gasteiger partial charge on any atom is -0.348 e. The summed E-state index contributed by atoms with van der Waals surface area (Å²) in [5.74, 6) is 1.65. The average Bonchev–Trinajstić information content (AvgIpc) is 3.35. The molecule has 2 aliphatic carbocycles. The smallest absolute Gasteiger partial charge is 0.185 e. The van der Waals surface area contributed by atoms with Gasteiger partial charge in [0, 0.05) is 30.4 Å². The largest absolute Gasteiger partial charge is 0.348 e. The summed E-state index contributed by atoms with van der Waals surface area (Å²) in [5.41, 5.74) is 1.39. The topological polar surface area (TPSA) is 28.2 Å². The van der Waals surface area contributed by atoms with Crippen LogP contribution in [0.1, 0.15) is 62.4 Å². The molecular weight excluding hydrogens is 266 g/mol. The second kappa shape index (κ2) is 6.02. The standard InChI is InChI=1S/C16H27N3S/c1-4-9-17-10-14-15(13-7-8-13)18-16(20-14)19(3)11(2)12-5-6-12/h11-13,17H,4-10H2,1-3H3. The Labute approximate surface area is 126 Å². The van der Waals surface area contributed by atoms with Gasteiger partial charge in [-0.2, -0.15) is 0 Å². The van der Waals surface area contributed by atoms with Crippen LogP contribution in [0.3, 0.4) is 0 Å². The second-order valence-electron chi connectivity index (χ2n) is 6.44. The van der Waals surface area contributed by atoms with E-state index in [2.05, 4.69) is 31.1 Å². The zero-order valence-electron chi connectivity index (χ0n) is 13.0. The first-order valence-electron chi connectivity index (χ1n) is 8.13. The van der Waals surface area contributed by atoms with Crippen LogP contribution in [0.2, 0.25) is 0 Å². The molecule has 0 spiro atoms. The van der Waals surface area contributed by atoms with Gasteiger partial charge in [-0.25, -0.2) is 4.98 Å². The fourth-order valence-corrected chi connectivity index (χ4v) is 3.92. The maximum Gasteiger partial charge on any atom is 0.185 e. The number of anilines is 1. The summed E-state index contributed by atoms with van der Waals surface area (Å²) in [6, 6.07) is 0.643. The van der Waals surface area contributed by atoms with Crippen molar-refractivity contribution < 1.29 is 0 Å². The van der Waals surface area contributed by atoms with Gasteiger partial charge in [0.05, 0.1) is 5.69 Å². The molecule has 1 N–H and O–H groups in total. The number of aromatic nitrogens is 1. The molecule has 0 aromatic carbocycles. The van der Waals surface area contributed by atoms with Crippen molar-refractivity contribution >= 4 is 16.5 Å². The molecule has 1 unspecified atom stereocenters. The van der Waals surface area contributed by atoms with Crippen LogP contribution in [0.5, 0.6) is 0 Å². The van der Waals surface area contributed by atoms with Gasteiger partial charge in [-0.15, -0.1) is 11.3 Å². The Morgan fingerprint density at radius 1 is 1.35 bits per heavy atom. The van der Waals surface area contributed by atoms with Crippen LogP contribution in [0.25, 0.3) is 0 Å². The molecule has 3 rings (SSSR count). The maximum absolute atomic E-state index is 4.99. The highest BCUT2D eigenvalue weighted by Gasteiger charge is 2.34. The van der Waals surface area contributed by atoms with Crippen LogP contribution in [-0.4, -0.2) is 24.6 Å². The molecule has 2 aliphatic rings. The lowest BCUT2D eigenvalue weighted by Gasteiger charge is -2.23. The highest BCUT2D eigenvalue weighted by molar-refractivity contribution is 7.15. The zero-order chi connectivity index (χ0) is 14.1. The van der Waals surface area contributed by atoms with E-state index >= 15 is 0 Å². The minimum atomic E-state index is 0.643. The van der Waals surface area contributed by atoms with E-state index in [9.17, 15) is 0 Å². The van der Waals surface area contributed by atoms with Gasteiger partial charge in [0.2, 0.25) is 0 Å². The van der Waals surface area contributed by atoms with Crippen LogP contribution >= 0.6 is 11.3 Å². The molecule has 0 saturated heterocycles. The van der Waals surface area contributed by atoms with Crippen LogP contribution in [0.4, 0.5) is 5.13 Å². The Bertz CT molecular complexity index is 449. The first-order chi connectivity index (χ1) is 9.70. The highest BCUT2D eigenvalue weighted by Crippen LogP contribution is 2.45. The van der Waals surface area contributed by atoms with Crippen molar-refractivity contribution in [2.75, 3.05) is 18.5 Å². The molecule has 3 nitrogen and oxygen atoms in total. The van der Waals surface area contributed by atoms with E-state index in [0.717, 1.165) is 24.9 Å². The van der Waals surface area contributed by atoms with E-state index in [1.54, 1.807) is 0 Å². The van der Waals surface area contributed by atoms with Gasteiger partial charge in [-0.05, 0) is 51.5 Å². The summed E-state index contributed by atoms with van der Waals surface area (Å²) in [7, 11) is 2.22. The quantitative estimate of drug-likeness (QED) is 0.740. The fraction of sp³-hybridized carbons (Fsp3) is 0.812. The molecule has 112 valence electrons. The summed E-state index contributed by atoms with van der Waals surface area (Å²) in [6.07, 6.45) is 6.68. The average molecular weight is 293 g/mol. The number of nitrogens with zero attached hydrogens (tertiary/aromatic N) is 2. The van der Waals surface area contributed by atoms with Crippen LogP contribution < -0.4 is 10.2 Å². The molecule has 1 atom stereocenters. The van der Waals surface area contributed by atoms with E-state index in [0.29, 0.717) is 6.04 Å². The summed E-state index contributed by atoms with van der Waals surface area (Å²) < 4.78 is 0. The van der Waals surface area contributed by atoms with Crippen molar-refractivity contribution in [3.63, 3.8) is 0 Å². The summed E-state index contributed by atoms with van der Waals surface area (Å²) in [6.45, 7) is 6.68. The molecule has 1 aromatic rings. The normalized spacial score (nSPS) is 20.1. The Hall–Kier alpha value is -0.610. The number of hydrogen-bond donors (Lipinski definition) is 1.